The second-order valence-corrected chi connectivity index (χ2v) is 7.68. The van der Waals surface area contributed by atoms with E-state index in [4.69, 9.17) is 9.47 Å². The predicted molar refractivity (Wildman–Crippen MR) is 93.4 cm³/mol. The van der Waals surface area contributed by atoms with Gasteiger partial charge in [-0.3, -0.25) is 19.7 Å². The first-order chi connectivity index (χ1) is 13.0. The quantitative estimate of drug-likeness (QED) is 0.691. The van der Waals surface area contributed by atoms with Crippen molar-refractivity contribution < 1.29 is 23.9 Å². The first-order valence-electron chi connectivity index (χ1n) is 9.39. The molecule has 5 rings (SSSR count). The van der Waals surface area contributed by atoms with E-state index in [-0.39, 0.29) is 23.8 Å². The first kappa shape index (κ1) is 16.6. The smallest absolute Gasteiger partial charge is 0.255 e. The van der Waals surface area contributed by atoms with Crippen molar-refractivity contribution in [3.8, 4) is 11.5 Å². The van der Waals surface area contributed by atoms with E-state index in [1.54, 1.807) is 6.07 Å². The average molecular weight is 371 g/mol. The van der Waals surface area contributed by atoms with Crippen molar-refractivity contribution in [1.82, 2.24) is 15.5 Å². The lowest BCUT2D eigenvalue weighted by atomic mass is 9.92. The number of piperidine rings is 2. The van der Waals surface area contributed by atoms with Crippen molar-refractivity contribution in [2.75, 3.05) is 19.7 Å². The minimum absolute atomic E-state index is 0.198. The lowest BCUT2D eigenvalue weighted by molar-refractivity contribution is -0.136. The lowest BCUT2D eigenvalue weighted by Crippen LogP contribution is -2.52. The molecule has 8 heteroatoms. The molecule has 0 bridgehead atoms. The van der Waals surface area contributed by atoms with E-state index in [1.807, 2.05) is 6.07 Å². The number of hydrogen-bond donors (Lipinski definition) is 2. The predicted octanol–water partition coefficient (Wildman–Crippen LogP) is 0.341. The zero-order valence-electron chi connectivity index (χ0n) is 14.9. The van der Waals surface area contributed by atoms with Crippen LogP contribution in [-0.4, -0.2) is 54.0 Å². The van der Waals surface area contributed by atoms with Gasteiger partial charge in [0.15, 0.2) is 11.5 Å². The Labute approximate surface area is 156 Å². The SMILES string of the molecule is O=C1CC[C@H](N2Cc3cc4c(cc3C2=O)OC2(CCNCC2)CO4)C(=O)N1. The van der Waals surface area contributed by atoms with Crippen LogP contribution in [0.4, 0.5) is 0 Å². The van der Waals surface area contributed by atoms with Crippen LogP contribution in [0.15, 0.2) is 12.1 Å². The number of benzene rings is 1. The molecule has 1 atom stereocenters. The van der Waals surface area contributed by atoms with Crippen LogP contribution in [-0.2, 0) is 16.1 Å². The van der Waals surface area contributed by atoms with Crippen molar-refractivity contribution in [3.05, 3.63) is 23.3 Å². The van der Waals surface area contributed by atoms with Gasteiger partial charge in [-0.1, -0.05) is 0 Å². The lowest BCUT2D eigenvalue weighted by Gasteiger charge is -2.41. The molecule has 0 radical (unpaired) electrons. The molecule has 1 spiro atoms. The van der Waals surface area contributed by atoms with Gasteiger partial charge in [-0.05, 0) is 37.2 Å². The Balaban J connectivity index is 1.41. The molecule has 1 aromatic rings. The van der Waals surface area contributed by atoms with E-state index in [9.17, 15) is 14.4 Å². The van der Waals surface area contributed by atoms with E-state index >= 15 is 0 Å². The highest BCUT2D eigenvalue weighted by Crippen LogP contribution is 2.42. The molecule has 2 fully saturated rings. The van der Waals surface area contributed by atoms with Crippen LogP contribution in [0.25, 0.3) is 0 Å². The van der Waals surface area contributed by atoms with E-state index in [0.717, 1.165) is 31.5 Å². The zero-order valence-corrected chi connectivity index (χ0v) is 14.9. The van der Waals surface area contributed by atoms with E-state index in [1.165, 1.54) is 4.90 Å². The average Bonchev–Trinajstić information content (AvgIpc) is 2.96. The van der Waals surface area contributed by atoms with E-state index in [2.05, 4.69) is 10.6 Å². The van der Waals surface area contributed by atoms with Crippen LogP contribution in [0, 0.1) is 0 Å². The fraction of sp³-hybridized carbons (Fsp3) is 0.526. The Hall–Kier alpha value is -2.61. The zero-order chi connectivity index (χ0) is 18.6. The monoisotopic (exact) mass is 371 g/mol. The maximum Gasteiger partial charge on any atom is 0.255 e. The molecule has 3 amide bonds. The highest BCUT2D eigenvalue weighted by Gasteiger charge is 2.43. The van der Waals surface area contributed by atoms with E-state index < -0.39 is 11.9 Å². The number of fused-ring (bicyclic) bond motifs is 2. The fourth-order valence-corrected chi connectivity index (χ4v) is 4.37. The van der Waals surface area contributed by atoms with Crippen LogP contribution in [0.1, 0.15) is 41.6 Å². The highest BCUT2D eigenvalue weighted by molar-refractivity contribution is 6.05. The number of imide groups is 1. The molecule has 142 valence electrons. The van der Waals surface area contributed by atoms with Crippen LogP contribution >= 0.6 is 0 Å². The van der Waals surface area contributed by atoms with Gasteiger partial charge in [0.25, 0.3) is 5.91 Å². The molecule has 0 aromatic heterocycles. The summed E-state index contributed by atoms with van der Waals surface area (Å²) in [5, 5.41) is 5.64. The molecule has 2 N–H and O–H groups in total. The van der Waals surface area contributed by atoms with Gasteiger partial charge in [0, 0.05) is 31.4 Å². The number of carbonyl (C=O) groups is 3. The van der Waals surface area contributed by atoms with Crippen molar-refractivity contribution >= 4 is 17.7 Å². The third kappa shape index (κ3) is 2.66. The number of nitrogens with zero attached hydrogens (tertiary/aromatic N) is 1. The van der Waals surface area contributed by atoms with Crippen LogP contribution in [0.3, 0.4) is 0 Å². The Morgan fingerprint density at radius 1 is 1.11 bits per heavy atom. The number of rotatable bonds is 1. The summed E-state index contributed by atoms with van der Waals surface area (Å²) >= 11 is 0. The van der Waals surface area contributed by atoms with Gasteiger partial charge in [-0.25, -0.2) is 0 Å². The van der Waals surface area contributed by atoms with Gasteiger partial charge in [0.1, 0.15) is 18.2 Å². The third-order valence-corrected chi connectivity index (χ3v) is 5.92. The second kappa shape index (κ2) is 5.95. The largest absolute Gasteiger partial charge is 0.486 e. The molecule has 4 heterocycles. The standard InChI is InChI=1S/C19H21N3O5/c23-16-2-1-13(17(24)21-16)22-9-11-7-14-15(8-12(11)18(22)25)27-19(10-26-14)3-5-20-6-4-19/h7-8,13,20H,1-6,9-10H2,(H,21,23,24)/t13-/m0/s1. The minimum atomic E-state index is -0.614. The number of carbonyl (C=O) groups excluding carboxylic acids is 3. The van der Waals surface area contributed by atoms with Gasteiger partial charge >= 0.3 is 0 Å². The second-order valence-electron chi connectivity index (χ2n) is 7.68. The van der Waals surface area contributed by atoms with E-state index in [0.29, 0.717) is 36.6 Å². The van der Waals surface area contributed by atoms with Gasteiger partial charge in [-0.2, -0.15) is 0 Å². The molecule has 4 aliphatic rings. The van der Waals surface area contributed by atoms with Gasteiger partial charge < -0.3 is 19.7 Å². The van der Waals surface area contributed by atoms with Crippen molar-refractivity contribution in [1.29, 1.82) is 0 Å². The minimum Gasteiger partial charge on any atom is -0.486 e. The molecule has 0 aliphatic carbocycles. The highest BCUT2D eigenvalue weighted by atomic mass is 16.6. The summed E-state index contributed by atoms with van der Waals surface area (Å²) in [6.45, 7) is 2.61. The number of hydrogen-bond acceptors (Lipinski definition) is 6. The molecule has 2 saturated heterocycles. The molecular formula is C19H21N3O5. The Kier molecular flexibility index (Phi) is 3.65. The van der Waals surface area contributed by atoms with Gasteiger partial charge in [0.05, 0.1) is 0 Å². The summed E-state index contributed by atoms with van der Waals surface area (Å²) in [6.07, 6.45) is 2.32. The third-order valence-electron chi connectivity index (χ3n) is 5.92. The fourth-order valence-electron chi connectivity index (χ4n) is 4.37. The molecule has 8 nitrogen and oxygen atoms in total. The summed E-state index contributed by atoms with van der Waals surface area (Å²) in [6, 6.07) is 2.99. The van der Waals surface area contributed by atoms with Crippen LogP contribution in [0.5, 0.6) is 11.5 Å². The molecular weight excluding hydrogens is 350 g/mol. The number of ether oxygens (including phenoxy) is 2. The number of amides is 3. The summed E-state index contributed by atoms with van der Waals surface area (Å²) < 4.78 is 12.3. The van der Waals surface area contributed by atoms with Gasteiger partial charge in [0.2, 0.25) is 11.8 Å². The molecule has 0 unspecified atom stereocenters. The molecule has 4 aliphatic heterocycles. The van der Waals surface area contributed by atoms with Crippen molar-refractivity contribution in [2.45, 2.75) is 43.9 Å². The summed E-state index contributed by atoms with van der Waals surface area (Å²) in [5.74, 6) is 0.357. The first-order valence-corrected chi connectivity index (χ1v) is 9.39. The molecule has 1 aromatic carbocycles. The maximum atomic E-state index is 12.9. The topological polar surface area (TPSA) is 97.0 Å². The van der Waals surface area contributed by atoms with Crippen molar-refractivity contribution in [2.24, 2.45) is 0 Å². The van der Waals surface area contributed by atoms with Gasteiger partial charge in [-0.15, -0.1) is 0 Å². The summed E-state index contributed by atoms with van der Waals surface area (Å²) in [7, 11) is 0. The van der Waals surface area contributed by atoms with Crippen LogP contribution < -0.4 is 20.1 Å². The van der Waals surface area contributed by atoms with Crippen molar-refractivity contribution in [3.63, 3.8) is 0 Å². The van der Waals surface area contributed by atoms with Crippen LogP contribution in [0.2, 0.25) is 0 Å². The summed E-state index contributed by atoms with van der Waals surface area (Å²) in [4.78, 5) is 38.0. The Bertz CT molecular complexity index is 846. The summed E-state index contributed by atoms with van der Waals surface area (Å²) in [5.41, 5.74) is 1.04. The normalized spacial score (nSPS) is 26.1. The molecule has 0 saturated carbocycles. The molecule has 27 heavy (non-hydrogen) atoms. The Morgan fingerprint density at radius 3 is 2.70 bits per heavy atom. The number of nitrogens with one attached hydrogen (secondary N) is 2. The Morgan fingerprint density at radius 2 is 1.93 bits per heavy atom. The maximum absolute atomic E-state index is 12.9.